The van der Waals surface area contributed by atoms with E-state index in [0.717, 1.165) is 4.90 Å². The molecule has 1 aromatic rings. The van der Waals surface area contributed by atoms with Crippen LogP contribution in [-0.2, 0) is 4.79 Å². The summed E-state index contributed by atoms with van der Waals surface area (Å²) < 4.78 is 13.4. The molecule has 0 bridgehead atoms. The molecule has 0 saturated heterocycles. The number of benzene rings is 1. The first-order valence-corrected chi connectivity index (χ1v) is 5.10. The smallest absolute Gasteiger partial charge is 0.334 e. The van der Waals surface area contributed by atoms with Crippen LogP contribution in [0.15, 0.2) is 24.3 Å². The van der Waals surface area contributed by atoms with Gasteiger partial charge in [-0.05, 0) is 12.1 Å². The number of carboxylic acids is 1. The zero-order chi connectivity index (χ0) is 13.7. The molecule has 7 heteroatoms. The lowest BCUT2D eigenvalue weighted by atomic mass is 10.3. The van der Waals surface area contributed by atoms with E-state index in [-0.39, 0.29) is 5.69 Å². The first-order chi connectivity index (χ1) is 8.43. The number of aliphatic carboxylic acids is 1. The van der Waals surface area contributed by atoms with Crippen molar-refractivity contribution in [3.05, 3.63) is 30.1 Å². The standard InChI is InChI=1S/C11H13FN2O4/c1-14(8-5-3-2-4-7(8)12)11(18)13-6-9(15)10(16)17/h2-5,9,15H,6H2,1H3,(H,13,18)(H,16,17)/t9-/m0/s1. The summed E-state index contributed by atoms with van der Waals surface area (Å²) in [6.45, 7) is -0.451. The van der Waals surface area contributed by atoms with Crippen LogP contribution < -0.4 is 10.2 Å². The average molecular weight is 256 g/mol. The van der Waals surface area contributed by atoms with Crippen molar-refractivity contribution in [1.29, 1.82) is 0 Å². The van der Waals surface area contributed by atoms with E-state index in [1.807, 2.05) is 0 Å². The molecule has 6 nitrogen and oxygen atoms in total. The van der Waals surface area contributed by atoms with Crippen molar-refractivity contribution >= 4 is 17.7 Å². The number of carboxylic acid groups (broad SMARTS) is 1. The number of nitrogens with zero attached hydrogens (tertiary/aromatic N) is 1. The number of carbonyl (C=O) groups is 2. The number of rotatable bonds is 4. The quantitative estimate of drug-likeness (QED) is 0.728. The number of anilines is 1. The predicted molar refractivity (Wildman–Crippen MR) is 61.8 cm³/mol. The third-order valence-corrected chi connectivity index (χ3v) is 2.25. The van der Waals surface area contributed by atoms with Gasteiger partial charge in [-0.15, -0.1) is 0 Å². The number of hydrogen-bond acceptors (Lipinski definition) is 3. The van der Waals surface area contributed by atoms with E-state index in [9.17, 15) is 14.0 Å². The first kappa shape index (κ1) is 13.9. The second-order valence-corrected chi connectivity index (χ2v) is 3.55. The second kappa shape index (κ2) is 5.97. The molecule has 1 atom stereocenters. The normalized spacial score (nSPS) is 11.7. The fourth-order valence-electron chi connectivity index (χ4n) is 1.22. The van der Waals surface area contributed by atoms with Crippen molar-refractivity contribution in [2.45, 2.75) is 6.10 Å². The van der Waals surface area contributed by atoms with Crippen molar-refractivity contribution in [1.82, 2.24) is 5.32 Å². The van der Waals surface area contributed by atoms with Crippen LogP contribution in [0.4, 0.5) is 14.9 Å². The van der Waals surface area contributed by atoms with E-state index < -0.39 is 30.5 Å². The summed E-state index contributed by atoms with van der Waals surface area (Å²) in [5.74, 6) is -2.02. The first-order valence-electron chi connectivity index (χ1n) is 5.10. The van der Waals surface area contributed by atoms with Crippen molar-refractivity contribution in [2.75, 3.05) is 18.5 Å². The van der Waals surface area contributed by atoms with Crippen molar-refractivity contribution in [3.8, 4) is 0 Å². The SMILES string of the molecule is CN(C(=O)NC[C@H](O)C(=O)O)c1ccccc1F. The highest BCUT2D eigenvalue weighted by molar-refractivity contribution is 5.91. The molecule has 0 fully saturated rings. The molecular weight excluding hydrogens is 243 g/mol. The maximum absolute atomic E-state index is 13.4. The van der Waals surface area contributed by atoms with Gasteiger partial charge in [-0.3, -0.25) is 4.90 Å². The van der Waals surface area contributed by atoms with Gasteiger partial charge in [0.1, 0.15) is 5.82 Å². The fraction of sp³-hybridized carbons (Fsp3) is 0.273. The molecule has 1 rings (SSSR count). The van der Waals surface area contributed by atoms with Gasteiger partial charge in [0.15, 0.2) is 6.10 Å². The summed E-state index contributed by atoms with van der Waals surface area (Å²) >= 11 is 0. The second-order valence-electron chi connectivity index (χ2n) is 3.55. The summed E-state index contributed by atoms with van der Waals surface area (Å²) in [6.07, 6.45) is -1.69. The molecular formula is C11H13FN2O4. The van der Waals surface area contributed by atoms with Crippen LogP contribution in [0, 0.1) is 5.82 Å². The molecule has 0 radical (unpaired) electrons. The van der Waals surface area contributed by atoms with E-state index in [4.69, 9.17) is 10.2 Å². The maximum Gasteiger partial charge on any atom is 0.334 e. The van der Waals surface area contributed by atoms with Crippen LogP contribution in [-0.4, -0.2) is 41.9 Å². The number of urea groups is 1. The van der Waals surface area contributed by atoms with Crippen molar-refractivity contribution < 1.29 is 24.2 Å². The van der Waals surface area contributed by atoms with Crippen LogP contribution in [0.3, 0.4) is 0 Å². The summed E-state index contributed by atoms with van der Waals surface area (Å²) in [5.41, 5.74) is 0.0554. The van der Waals surface area contributed by atoms with Gasteiger partial charge in [-0.1, -0.05) is 12.1 Å². The average Bonchev–Trinajstić information content (AvgIpc) is 2.35. The third-order valence-electron chi connectivity index (χ3n) is 2.25. The lowest BCUT2D eigenvalue weighted by Crippen LogP contribution is -2.43. The third kappa shape index (κ3) is 3.42. The number of nitrogens with one attached hydrogen (secondary N) is 1. The minimum atomic E-state index is -1.69. The number of carbonyl (C=O) groups excluding carboxylic acids is 1. The molecule has 18 heavy (non-hydrogen) atoms. The lowest BCUT2D eigenvalue weighted by Gasteiger charge is -2.19. The van der Waals surface area contributed by atoms with Crippen molar-refractivity contribution in [2.24, 2.45) is 0 Å². The Balaban J connectivity index is 2.63. The van der Waals surface area contributed by atoms with Gasteiger partial charge in [0.05, 0.1) is 12.2 Å². The Morgan fingerprint density at radius 3 is 2.61 bits per heavy atom. The van der Waals surface area contributed by atoms with E-state index >= 15 is 0 Å². The molecule has 0 aromatic heterocycles. The number of amides is 2. The van der Waals surface area contributed by atoms with Gasteiger partial charge in [-0.25, -0.2) is 14.0 Å². The molecule has 3 N–H and O–H groups in total. The van der Waals surface area contributed by atoms with Gasteiger partial charge in [0, 0.05) is 7.05 Å². The highest BCUT2D eigenvalue weighted by Crippen LogP contribution is 2.16. The summed E-state index contributed by atoms with van der Waals surface area (Å²) in [5, 5.41) is 19.6. The van der Waals surface area contributed by atoms with Gasteiger partial charge < -0.3 is 15.5 Å². The molecule has 0 aliphatic heterocycles. The monoisotopic (exact) mass is 256 g/mol. The topological polar surface area (TPSA) is 89.9 Å². The Bertz CT molecular complexity index is 452. The number of para-hydroxylation sites is 1. The zero-order valence-corrected chi connectivity index (χ0v) is 9.63. The van der Waals surface area contributed by atoms with Gasteiger partial charge in [-0.2, -0.15) is 0 Å². The van der Waals surface area contributed by atoms with Crippen LogP contribution in [0.5, 0.6) is 0 Å². The zero-order valence-electron chi connectivity index (χ0n) is 9.63. The molecule has 0 unspecified atom stereocenters. The van der Waals surface area contributed by atoms with E-state index in [1.165, 1.54) is 25.2 Å². The Labute approximate surface area is 103 Å². The maximum atomic E-state index is 13.4. The number of aliphatic hydroxyl groups is 1. The van der Waals surface area contributed by atoms with E-state index in [0.29, 0.717) is 0 Å². The molecule has 1 aromatic carbocycles. The van der Waals surface area contributed by atoms with Gasteiger partial charge >= 0.3 is 12.0 Å². The molecule has 0 aliphatic carbocycles. The summed E-state index contributed by atoms with van der Waals surface area (Å²) in [4.78, 5) is 22.9. The highest BCUT2D eigenvalue weighted by Gasteiger charge is 2.18. The molecule has 0 spiro atoms. The van der Waals surface area contributed by atoms with Gasteiger partial charge in [0.2, 0.25) is 0 Å². The Morgan fingerprint density at radius 1 is 1.44 bits per heavy atom. The number of aliphatic hydroxyl groups excluding tert-OH is 1. The van der Waals surface area contributed by atoms with Crippen LogP contribution in [0.25, 0.3) is 0 Å². The largest absolute Gasteiger partial charge is 0.479 e. The molecule has 2 amide bonds. The minimum absolute atomic E-state index is 0.0554. The number of halogens is 1. The molecule has 0 aliphatic rings. The molecule has 0 heterocycles. The van der Waals surface area contributed by atoms with Gasteiger partial charge in [0.25, 0.3) is 0 Å². The Hall–Kier alpha value is -2.15. The van der Waals surface area contributed by atoms with Crippen LogP contribution >= 0.6 is 0 Å². The Morgan fingerprint density at radius 2 is 2.06 bits per heavy atom. The predicted octanol–water partition coefficient (Wildman–Crippen LogP) is 0.417. The van der Waals surface area contributed by atoms with E-state index in [2.05, 4.69) is 5.32 Å². The number of hydrogen-bond donors (Lipinski definition) is 3. The van der Waals surface area contributed by atoms with Crippen LogP contribution in [0.2, 0.25) is 0 Å². The van der Waals surface area contributed by atoms with Crippen molar-refractivity contribution in [3.63, 3.8) is 0 Å². The Kier molecular flexibility index (Phi) is 4.61. The summed E-state index contributed by atoms with van der Waals surface area (Å²) in [6, 6.07) is 4.95. The highest BCUT2D eigenvalue weighted by atomic mass is 19.1. The lowest BCUT2D eigenvalue weighted by molar-refractivity contribution is -0.146. The molecule has 98 valence electrons. The van der Waals surface area contributed by atoms with Crippen LogP contribution in [0.1, 0.15) is 0 Å². The fourth-order valence-corrected chi connectivity index (χ4v) is 1.22. The van der Waals surface area contributed by atoms with E-state index in [1.54, 1.807) is 6.07 Å². The summed E-state index contributed by atoms with van der Waals surface area (Å²) in [7, 11) is 1.33. The minimum Gasteiger partial charge on any atom is -0.479 e. The molecule has 0 saturated carbocycles.